The number of benzene rings is 1. The zero-order valence-corrected chi connectivity index (χ0v) is 11.8. The molecule has 0 aliphatic carbocycles. The summed E-state index contributed by atoms with van der Waals surface area (Å²) in [5.41, 5.74) is -1.20. The van der Waals surface area contributed by atoms with Gasteiger partial charge in [-0.25, -0.2) is 0 Å². The number of carbonyl (C=O) groups is 1. The number of hydrogen-bond donors (Lipinski definition) is 5. The van der Waals surface area contributed by atoms with Crippen LogP contribution in [0.2, 0.25) is 0 Å². The van der Waals surface area contributed by atoms with Gasteiger partial charge in [0.1, 0.15) is 6.29 Å². The first kappa shape index (κ1) is 18.8. The van der Waals surface area contributed by atoms with Crippen molar-refractivity contribution in [3.8, 4) is 0 Å². The van der Waals surface area contributed by atoms with Gasteiger partial charge < -0.3 is 25.3 Å². The predicted molar refractivity (Wildman–Crippen MR) is 74.9 cm³/mol. The third-order valence-electron chi connectivity index (χ3n) is 3.03. The van der Waals surface area contributed by atoms with E-state index in [0.717, 1.165) is 11.8 Å². The van der Waals surface area contributed by atoms with E-state index in [0.29, 0.717) is 5.56 Å². The van der Waals surface area contributed by atoms with Crippen LogP contribution in [0.25, 0.3) is 0 Å². The van der Waals surface area contributed by atoms with Crippen LogP contribution in [-0.2, 0) is 6.42 Å². The Balaban J connectivity index is 0.000000796. The van der Waals surface area contributed by atoms with Gasteiger partial charge in [0, 0.05) is 12.0 Å². The molecule has 1 unspecified atom stereocenters. The van der Waals surface area contributed by atoms with E-state index in [-0.39, 0.29) is 6.42 Å². The number of aliphatic hydroxyl groups is 2. The van der Waals surface area contributed by atoms with Crippen molar-refractivity contribution in [1.29, 1.82) is 0 Å². The Bertz CT molecular complexity index is 422. The van der Waals surface area contributed by atoms with E-state index < -0.39 is 18.5 Å². The van der Waals surface area contributed by atoms with E-state index in [4.69, 9.17) is 15.1 Å². The Kier molecular flexibility index (Phi) is 7.05. The largest absolute Gasteiger partial charge is 0.631 e. The molecule has 0 heterocycles. The first-order chi connectivity index (χ1) is 9.01. The minimum Gasteiger partial charge on any atom is -0.402 e. The van der Waals surface area contributed by atoms with E-state index in [1.165, 1.54) is 0 Å². The third kappa shape index (κ3) is 6.27. The predicted octanol–water partition coefficient (Wildman–Crippen LogP) is -0.488. The second-order valence-electron chi connectivity index (χ2n) is 5.17. The van der Waals surface area contributed by atoms with Crippen LogP contribution in [0, 0.1) is 0 Å². The molecule has 112 valence electrons. The third-order valence-corrected chi connectivity index (χ3v) is 3.03. The molecule has 0 saturated heterocycles. The maximum Gasteiger partial charge on any atom is 0.631 e. The smallest absolute Gasteiger partial charge is 0.402 e. The van der Waals surface area contributed by atoms with Gasteiger partial charge in [0.2, 0.25) is 0 Å². The first-order valence-corrected chi connectivity index (χ1v) is 6.03. The quantitative estimate of drug-likeness (QED) is 0.376. The highest BCUT2D eigenvalue weighted by molar-refractivity contribution is 6.30. The van der Waals surface area contributed by atoms with Gasteiger partial charge in [-0.3, -0.25) is 4.79 Å². The second-order valence-corrected chi connectivity index (χ2v) is 5.17. The zero-order valence-electron chi connectivity index (χ0n) is 11.8. The summed E-state index contributed by atoms with van der Waals surface area (Å²) in [6, 6.07) is 7.06. The zero-order chi connectivity index (χ0) is 16.0. The van der Waals surface area contributed by atoms with Gasteiger partial charge in [-0.2, -0.15) is 0 Å². The highest BCUT2D eigenvalue weighted by Crippen LogP contribution is 2.26. The molecular formula is C13H21BO6. The van der Waals surface area contributed by atoms with Crippen LogP contribution < -0.4 is 0 Å². The van der Waals surface area contributed by atoms with Crippen molar-refractivity contribution in [3.63, 3.8) is 0 Å². The molecule has 0 saturated carbocycles. The molecule has 7 heteroatoms. The monoisotopic (exact) mass is 284 g/mol. The first-order valence-electron chi connectivity index (χ1n) is 6.03. The molecule has 20 heavy (non-hydrogen) atoms. The molecule has 0 aromatic heterocycles. The van der Waals surface area contributed by atoms with Gasteiger partial charge in [-0.15, -0.1) is 0 Å². The molecule has 0 amide bonds. The van der Waals surface area contributed by atoms with Gasteiger partial charge >= 0.3 is 7.32 Å². The number of rotatable bonds is 4. The van der Waals surface area contributed by atoms with Crippen molar-refractivity contribution < 1.29 is 30.1 Å². The van der Waals surface area contributed by atoms with E-state index in [1.54, 1.807) is 39.0 Å². The van der Waals surface area contributed by atoms with Crippen LogP contribution in [0.4, 0.5) is 0 Å². The molecular weight excluding hydrogens is 263 g/mol. The second kappa shape index (κ2) is 7.51. The summed E-state index contributed by atoms with van der Waals surface area (Å²) in [5, 5.41) is 41.5. The van der Waals surface area contributed by atoms with Gasteiger partial charge in [-0.1, -0.05) is 24.3 Å². The van der Waals surface area contributed by atoms with Gasteiger partial charge in [0.25, 0.3) is 0 Å². The maximum absolute atomic E-state index is 10.8. The molecule has 1 rings (SSSR count). The molecule has 0 bridgehead atoms. The molecule has 1 aromatic carbocycles. The average molecular weight is 284 g/mol. The van der Waals surface area contributed by atoms with E-state index in [9.17, 15) is 15.0 Å². The maximum atomic E-state index is 10.8. The minimum atomic E-state index is -2.17. The van der Waals surface area contributed by atoms with Crippen molar-refractivity contribution in [2.45, 2.75) is 38.4 Å². The van der Waals surface area contributed by atoms with Gasteiger partial charge in [0.05, 0.1) is 11.2 Å². The molecule has 0 aliphatic rings. The summed E-state index contributed by atoms with van der Waals surface area (Å²) in [4.78, 5) is 10.8. The van der Waals surface area contributed by atoms with E-state index >= 15 is 0 Å². The van der Waals surface area contributed by atoms with E-state index in [2.05, 4.69) is 0 Å². The van der Waals surface area contributed by atoms with Crippen LogP contribution in [0.5, 0.6) is 0 Å². The molecule has 5 N–H and O–H groups in total. The Labute approximate surface area is 118 Å². The van der Waals surface area contributed by atoms with Crippen LogP contribution in [0.15, 0.2) is 24.3 Å². The minimum absolute atomic E-state index is 0.241. The lowest BCUT2D eigenvalue weighted by Crippen LogP contribution is -2.49. The van der Waals surface area contributed by atoms with E-state index in [1.807, 2.05) is 6.07 Å². The Morgan fingerprint density at radius 3 is 1.95 bits per heavy atom. The lowest BCUT2D eigenvalue weighted by Gasteiger charge is -2.36. The standard InChI is InChI=1S/C13H18O3.BH3O3/c1-12(2,15)13(3,16)8-10-6-4-5-7-11(10)9-14;2-1(3)4/h4-7,9,15-16H,8H2,1-3H3;2-4H. The van der Waals surface area contributed by atoms with Crippen molar-refractivity contribution in [2.24, 2.45) is 0 Å². The topological polar surface area (TPSA) is 118 Å². The van der Waals surface area contributed by atoms with Crippen LogP contribution in [0.1, 0.15) is 36.7 Å². The highest BCUT2D eigenvalue weighted by atomic mass is 16.5. The number of aldehydes is 1. The lowest BCUT2D eigenvalue weighted by atomic mass is 9.81. The Morgan fingerprint density at radius 1 is 1.10 bits per heavy atom. The summed E-state index contributed by atoms with van der Waals surface area (Å²) in [7, 11) is -2.17. The summed E-state index contributed by atoms with van der Waals surface area (Å²) in [5.74, 6) is 0. The number of carbonyl (C=O) groups excluding carboxylic acids is 1. The van der Waals surface area contributed by atoms with Crippen molar-refractivity contribution in [2.75, 3.05) is 0 Å². The van der Waals surface area contributed by atoms with Crippen molar-refractivity contribution in [3.05, 3.63) is 35.4 Å². The van der Waals surface area contributed by atoms with Crippen LogP contribution in [-0.4, -0.2) is 50.1 Å². The summed E-state index contributed by atoms with van der Waals surface area (Å²) in [6.45, 7) is 4.67. The Morgan fingerprint density at radius 2 is 1.55 bits per heavy atom. The molecule has 6 nitrogen and oxygen atoms in total. The summed E-state index contributed by atoms with van der Waals surface area (Å²) >= 11 is 0. The van der Waals surface area contributed by atoms with Gasteiger partial charge in [0.15, 0.2) is 0 Å². The SMILES string of the molecule is CC(C)(O)C(C)(O)Cc1ccccc1C=O.OB(O)O. The average Bonchev–Trinajstić information content (AvgIpc) is 2.27. The number of hydrogen-bond acceptors (Lipinski definition) is 6. The van der Waals surface area contributed by atoms with Crippen molar-refractivity contribution >= 4 is 13.6 Å². The fourth-order valence-corrected chi connectivity index (χ4v) is 1.40. The molecule has 1 aromatic rings. The molecule has 0 radical (unpaired) electrons. The lowest BCUT2D eigenvalue weighted by molar-refractivity contribution is -0.118. The highest BCUT2D eigenvalue weighted by Gasteiger charge is 2.37. The van der Waals surface area contributed by atoms with Crippen LogP contribution >= 0.6 is 0 Å². The normalized spacial score (nSPS) is 13.8. The molecule has 0 spiro atoms. The summed E-state index contributed by atoms with van der Waals surface area (Å²) < 4.78 is 0. The fourth-order valence-electron chi connectivity index (χ4n) is 1.40. The fraction of sp³-hybridized carbons (Fsp3) is 0.462. The molecule has 0 fully saturated rings. The van der Waals surface area contributed by atoms with Crippen LogP contribution in [0.3, 0.4) is 0 Å². The van der Waals surface area contributed by atoms with Gasteiger partial charge in [-0.05, 0) is 26.3 Å². The van der Waals surface area contributed by atoms with Crippen molar-refractivity contribution in [1.82, 2.24) is 0 Å². The molecule has 1 atom stereocenters. The molecule has 0 aliphatic heterocycles. The summed E-state index contributed by atoms with van der Waals surface area (Å²) in [6.07, 6.45) is 1.00. The Hall–Kier alpha value is -1.25.